The molecule has 2 heterocycles. The molecule has 0 aliphatic rings. The number of hydrogen-bond acceptors (Lipinski definition) is 4. The van der Waals surface area contributed by atoms with Crippen LogP contribution in [0, 0.1) is 12.8 Å². The number of fused-ring (bicyclic) bond motifs is 1. The zero-order valence-electron chi connectivity index (χ0n) is 10.5. The second kappa shape index (κ2) is 5.06. The number of aromatic nitrogens is 3. The summed E-state index contributed by atoms with van der Waals surface area (Å²) in [5, 5.41) is 0. The highest BCUT2D eigenvalue weighted by Gasteiger charge is 2.16. The van der Waals surface area contributed by atoms with Crippen LogP contribution in [0.15, 0.2) is 16.7 Å². The van der Waals surface area contributed by atoms with Crippen molar-refractivity contribution >= 4 is 33.2 Å². The van der Waals surface area contributed by atoms with Gasteiger partial charge in [0.05, 0.1) is 6.61 Å². The summed E-state index contributed by atoms with van der Waals surface area (Å²) in [6.07, 6.45) is 1.20. The highest BCUT2D eigenvalue weighted by molar-refractivity contribution is 9.10. The molecule has 0 aliphatic heterocycles. The van der Waals surface area contributed by atoms with Crippen LogP contribution in [0.5, 0.6) is 0 Å². The fraction of sp³-hybridized carbons (Fsp3) is 0.417. The standard InChI is InChI=1S/C12H14BrN3O2/c1-7(2)6-18-12(17)16-8(3)15-10-4-9(13)5-14-11(10)16/h4-5,7H,6H2,1-3H3. The van der Waals surface area contributed by atoms with Gasteiger partial charge < -0.3 is 4.74 Å². The van der Waals surface area contributed by atoms with Crippen molar-refractivity contribution in [1.82, 2.24) is 14.5 Å². The van der Waals surface area contributed by atoms with Crippen LogP contribution in [0.25, 0.3) is 11.2 Å². The number of pyridine rings is 1. The second-order valence-corrected chi connectivity index (χ2v) is 5.38. The minimum Gasteiger partial charge on any atom is -0.449 e. The summed E-state index contributed by atoms with van der Waals surface area (Å²) in [6.45, 7) is 6.11. The van der Waals surface area contributed by atoms with Crippen molar-refractivity contribution in [3.8, 4) is 0 Å². The van der Waals surface area contributed by atoms with Crippen molar-refractivity contribution in [2.75, 3.05) is 6.61 Å². The van der Waals surface area contributed by atoms with E-state index in [-0.39, 0.29) is 0 Å². The zero-order chi connectivity index (χ0) is 13.3. The third-order valence-electron chi connectivity index (χ3n) is 2.35. The number of carbonyl (C=O) groups excluding carboxylic acids is 1. The number of halogens is 1. The van der Waals surface area contributed by atoms with Crippen LogP contribution in [0.4, 0.5) is 4.79 Å². The van der Waals surface area contributed by atoms with Gasteiger partial charge in [-0.15, -0.1) is 0 Å². The fourth-order valence-corrected chi connectivity index (χ4v) is 1.89. The molecule has 0 N–H and O–H groups in total. The predicted octanol–water partition coefficient (Wildman–Crippen LogP) is 3.14. The highest BCUT2D eigenvalue weighted by Crippen LogP contribution is 2.18. The van der Waals surface area contributed by atoms with E-state index in [2.05, 4.69) is 25.9 Å². The highest BCUT2D eigenvalue weighted by atomic mass is 79.9. The Morgan fingerprint density at radius 3 is 2.94 bits per heavy atom. The Labute approximate surface area is 113 Å². The number of ether oxygens (including phenoxy) is 1. The first kappa shape index (κ1) is 13.0. The van der Waals surface area contributed by atoms with Crippen molar-refractivity contribution in [2.24, 2.45) is 5.92 Å². The fourth-order valence-electron chi connectivity index (χ4n) is 1.57. The van der Waals surface area contributed by atoms with E-state index in [1.165, 1.54) is 4.57 Å². The number of carbonyl (C=O) groups is 1. The molecule has 2 aromatic rings. The van der Waals surface area contributed by atoms with Crippen LogP contribution in [0.2, 0.25) is 0 Å². The number of hydrogen-bond donors (Lipinski definition) is 0. The average molecular weight is 312 g/mol. The molecule has 5 nitrogen and oxygen atoms in total. The number of nitrogens with zero attached hydrogens (tertiary/aromatic N) is 3. The van der Waals surface area contributed by atoms with Gasteiger partial charge in [0.1, 0.15) is 11.3 Å². The summed E-state index contributed by atoms with van der Waals surface area (Å²) in [5.74, 6) is 0.871. The molecule has 0 amide bonds. The number of rotatable bonds is 2. The molecule has 96 valence electrons. The van der Waals surface area contributed by atoms with Crippen LogP contribution in [-0.4, -0.2) is 27.2 Å². The normalized spacial score (nSPS) is 11.2. The van der Waals surface area contributed by atoms with Crippen LogP contribution >= 0.6 is 15.9 Å². The van der Waals surface area contributed by atoms with Crippen molar-refractivity contribution in [3.63, 3.8) is 0 Å². The molecule has 0 aromatic carbocycles. The van der Waals surface area contributed by atoms with Gasteiger partial charge in [-0.25, -0.2) is 19.3 Å². The van der Waals surface area contributed by atoms with Gasteiger partial charge >= 0.3 is 6.09 Å². The van der Waals surface area contributed by atoms with Crippen LogP contribution < -0.4 is 0 Å². The maximum atomic E-state index is 12.0. The molecule has 0 saturated carbocycles. The molecule has 0 aliphatic carbocycles. The summed E-state index contributed by atoms with van der Waals surface area (Å²) in [7, 11) is 0. The molecular formula is C12H14BrN3O2. The van der Waals surface area contributed by atoms with Crippen molar-refractivity contribution < 1.29 is 9.53 Å². The molecule has 0 fully saturated rings. The third kappa shape index (κ3) is 2.53. The summed E-state index contributed by atoms with van der Waals surface area (Å²) >= 11 is 3.33. The van der Waals surface area contributed by atoms with Gasteiger partial charge in [-0.3, -0.25) is 0 Å². The zero-order valence-corrected chi connectivity index (χ0v) is 12.1. The molecule has 0 radical (unpaired) electrons. The van der Waals surface area contributed by atoms with Crippen LogP contribution in [0.1, 0.15) is 19.7 Å². The largest absolute Gasteiger partial charge is 0.449 e. The van der Waals surface area contributed by atoms with Gasteiger partial charge in [0.2, 0.25) is 0 Å². The summed E-state index contributed by atoms with van der Waals surface area (Å²) in [4.78, 5) is 20.5. The molecule has 6 heteroatoms. The lowest BCUT2D eigenvalue weighted by atomic mass is 10.2. The van der Waals surface area contributed by atoms with Crippen LogP contribution in [0.3, 0.4) is 0 Å². The van der Waals surface area contributed by atoms with Crippen molar-refractivity contribution in [2.45, 2.75) is 20.8 Å². The van der Waals surface area contributed by atoms with Gasteiger partial charge in [0, 0.05) is 10.7 Å². The summed E-state index contributed by atoms with van der Waals surface area (Å²) < 4.78 is 7.42. The van der Waals surface area contributed by atoms with E-state index in [1.807, 2.05) is 19.9 Å². The number of aryl methyl sites for hydroxylation is 1. The first-order valence-corrected chi connectivity index (χ1v) is 6.46. The van der Waals surface area contributed by atoms with Crippen molar-refractivity contribution in [3.05, 3.63) is 22.6 Å². The van der Waals surface area contributed by atoms with Gasteiger partial charge in [-0.1, -0.05) is 13.8 Å². The van der Waals surface area contributed by atoms with E-state index in [0.29, 0.717) is 29.5 Å². The molecule has 2 aromatic heterocycles. The molecule has 2 rings (SSSR count). The Bertz CT molecular complexity index is 592. The molecule has 0 saturated heterocycles. The molecule has 0 bridgehead atoms. The first-order valence-electron chi connectivity index (χ1n) is 5.66. The molecule has 18 heavy (non-hydrogen) atoms. The number of imidazole rings is 1. The summed E-state index contributed by atoms with van der Waals surface area (Å²) in [5.41, 5.74) is 1.19. The lowest BCUT2D eigenvalue weighted by Crippen LogP contribution is -2.18. The van der Waals surface area contributed by atoms with Gasteiger partial charge in [-0.05, 0) is 34.8 Å². The minimum absolute atomic E-state index is 0.297. The maximum absolute atomic E-state index is 12.0. The Morgan fingerprint density at radius 2 is 2.28 bits per heavy atom. The van der Waals surface area contributed by atoms with E-state index >= 15 is 0 Å². The van der Waals surface area contributed by atoms with Gasteiger partial charge in [0.25, 0.3) is 0 Å². The van der Waals surface area contributed by atoms with E-state index in [4.69, 9.17) is 4.74 Å². The smallest absolute Gasteiger partial charge is 0.421 e. The van der Waals surface area contributed by atoms with Crippen LogP contribution in [-0.2, 0) is 4.74 Å². The minimum atomic E-state index is -0.432. The molecule has 0 unspecified atom stereocenters. The van der Waals surface area contributed by atoms with E-state index in [1.54, 1.807) is 13.1 Å². The lowest BCUT2D eigenvalue weighted by Gasteiger charge is -2.08. The van der Waals surface area contributed by atoms with Crippen molar-refractivity contribution in [1.29, 1.82) is 0 Å². The Morgan fingerprint density at radius 1 is 1.56 bits per heavy atom. The topological polar surface area (TPSA) is 57.0 Å². The Balaban J connectivity index is 2.38. The average Bonchev–Trinajstić information content (AvgIpc) is 2.61. The van der Waals surface area contributed by atoms with E-state index in [0.717, 1.165) is 4.47 Å². The maximum Gasteiger partial charge on any atom is 0.421 e. The molecular weight excluding hydrogens is 298 g/mol. The van der Waals surface area contributed by atoms with Gasteiger partial charge in [0.15, 0.2) is 5.65 Å². The Kier molecular flexibility index (Phi) is 3.65. The van der Waals surface area contributed by atoms with Gasteiger partial charge in [-0.2, -0.15) is 0 Å². The quantitative estimate of drug-likeness (QED) is 0.855. The predicted molar refractivity (Wildman–Crippen MR) is 71.5 cm³/mol. The second-order valence-electron chi connectivity index (χ2n) is 4.46. The lowest BCUT2D eigenvalue weighted by molar-refractivity contribution is 0.135. The summed E-state index contributed by atoms with van der Waals surface area (Å²) in [6, 6.07) is 1.82. The third-order valence-corrected chi connectivity index (χ3v) is 2.79. The monoisotopic (exact) mass is 311 g/mol. The molecule has 0 atom stereocenters. The SMILES string of the molecule is Cc1nc2cc(Br)cnc2n1C(=O)OCC(C)C. The van der Waals surface area contributed by atoms with E-state index in [9.17, 15) is 4.79 Å². The van der Waals surface area contributed by atoms with E-state index < -0.39 is 6.09 Å². The Hall–Kier alpha value is -1.43. The molecule has 0 spiro atoms. The first-order chi connectivity index (χ1) is 8.49.